The van der Waals surface area contributed by atoms with E-state index < -0.39 is 0 Å². The fourth-order valence-corrected chi connectivity index (χ4v) is 3.71. The average molecular weight is 403 g/mol. The molecule has 0 radical (unpaired) electrons. The van der Waals surface area contributed by atoms with E-state index in [1.165, 1.54) is 5.57 Å². The maximum atomic E-state index is 12.8. The number of aryl methyl sites for hydroxylation is 1. The summed E-state index contributed by atoms with van der Waals surface area (Å²) in [6.45, 7) is 3.78. The predicted octanol–water partition coefficient (Wildman–Crippen LogP) is 4.87. The van der Waals surface area contributed by atoms with Crippen molar-refractivity contribution in [1.82, 2.24) is 9.47 Å². The van der Waals surface area contributed by atoms with Gasteiger partial charge < -0.3 is 14.6 Å². The van der Waals surface area contributed by atoms with Crippen molar-refractivity contribution in [3.05, 3.63) is 100.0 Å². The molecule has 156 valence electrons. The molecular weight excluding hydrogens is 372 g/mol. The second-order valence-corrected chi connectivity index (χ2v) is 7.72. The van der Waals surface area contributed by atoms with Crippen LogP contribution in [0.5, 0.6) is 5.75 Å². The summed E-state index contributed by atoms with van der Waals surface area (Å²) in [6, 6.07) is 21.2. The van der Waals surface area contributed by atoms with E-state index in [0.29, 0.717) is 6.54 Å². The Morgan fingerprint density at radius 3 is 2.23 bits per heavy atom. The Bertz CT molecular complexity index is 1050. The number of nitrogens with zero attached hydrogens (tertiary/aromatic N) is 2. The van der Waals surface area contributed by atoms with Gasteiger partial charge in [0.25, 0.3) is 5.56 Å². The van der Waals surface area contributed by atoms with Gasteiger partial charge in [-0.2, -0.15) is 0 Å². The normalized spacial score (nSPS) is 12.1. The highest BCUT2D eigenvalue weighted by molar-refractivity contribution is 5.98. The standard InChI is InChI=1S/C26H30N2O2/c1-4-24(20-9-6-5-7-10-20)26(21-11-13-23(29)14-12-21)22-15-18-28(25(30)19-22)17-8-16-27(2)3/h5-7,9-15,18-19,29H,4,8,16-17H2,1-3H3/b26-24-. The molecule has 3 rings (SSSR count). The van der Waals surface area contributed by atoms with Crippen molar-refractivity contribution in [3.63, 3.8) is 0 Å². The largest absolute Gasteiger partial charge is 0.508 e. The van der Waals surface area contributed by atoms with Gasteiger partial charge in [0.15, 0.2) is 0 Å². The lowest BCUT2D eigenvalue weighted by Gasteiger charge is -2.17. The summed E-state index contributed by atoms with van der Waals surface area (Å²) in [7, 11) is 4.08. The monoisotopic (exact) mass is 402 g/mol. The van der Waals surface area contributed by atoms with Gasteiger partial charge in [-0.3, -0.25) is 4.79 Å². The lowest BCUT2D eigenvalue weighted by atomic mass is 9.88. The number of pyridine rings is 1. The summed E-state index contributed by atoms with van der Waals surface area (Å²) in [6.07, 6.45) is 3.65. The fraction of sp³-hybridized carbons (Fsp3) is 0.269. The zero-order valence-corrected chi connectivity index (χ0v) is 18.0. The van der Waals surface area contributed by atoms with Crippen molar-refractivity contribution < 1.29 is 5.11 Å². The first-order valence-corrected chi connectivity index (χ1v) is 10.4. The summed E-state index contributed by atoms with van der Waals surface area (Å²) < 4.78 is 1.77. The Balaban J connectivity index is 2.09. The number of phenols is 1. The summed E-state index contributed by atoms with van der Waals surface area (Å²) >= 11 is 0. The number of aromatic hydroxyl groups is 1. The van der Waals surface area contributed by atoms with Gasteiger partial charge in [0.2, 0.25) is 0 Å². The van der Waals surface area contributed by atoms with Gasteiger partial charge in [-0.25, -0.2) is 0 Å². The molecule has 4 nitrogen and oxygen atoms in total. The maximum Gasteiger partial charge on any atom is 0.251 e. The number of phenolic OH excluding ortho intramolecular Hbond substituents is 1. The van der Waals surface area contributed by atoms with E-state index in [2.05, 4.69) is 24.0 Å². The van der Waals surface area contributed by atoms with Crippen LogP contribution in [0, 0.1) is 0 Å². The first-order chi connectivity index (χ1) is 14.5. The maximum absolute atomic E-state index is 12.8. The molecule has 0 saturated heterocycles. The second-order valence-electron chi connectivity index (χ2n) is 7.72. The van der Waals surface area contributed by atoms with Crippen LogP contribution in [0.25, 0.3) is 11.1 Å². The molecule has 0 aliphatic heterocycles. The first-order valence-electron chi connectivity index (χ1n) is 10.4. The average Bonchev–Trinajstić information content (AvgIpc) is 2.74. The molecule has 0 saturated carbocycles. The topological polar surface area (TPSA) is 45.5 Å². The molecule has 0 aliphatic carbocycles. The quantitative estimate of drug-likeness (QED) is 0.547. The van der Waals surface area contributed by atoms with E-state index in [0.717, 1.165) is 41.6 Å². The molecule has 0 fully saturated rings. The Morgan fingerprint density at radius 2 is 1.63 bits per heavy atom. The molecule has 30 heavy (non-hydrogen) atoms. The van der Waals surface area contributed by atoms with Crippen LogP contribution in [0.3, 0.4) is 0 Å². The Kier molecular flexibility index (Phi) is 7.26. The SMILES string of the molecule is CC/C(=C(\c1ccc(O)cc1)c1ccn(CCCN(C)C)c(=O)c1)c1ccccc1. The van der Waals surface area contributed by atoms with E-state index in [-0.39, 0.29) is 11.3 Å². The molecule has 1 aromatic heterocycles. The van der Waals surface area contributed by atoms with E-state index in [1.54, 1.807) is 22.8 Å². The van der Waals surface area contributed by atoms with Crippen molar-refractivity contribution in [3.8, 4) is 5.75 Å². The highest BCUT2D eigenvalue weighted by atomic mass is 16.3. The third-order valence-electron chi connectivity index (χ3n) is 5.22. The molecule has 1 N–H and O–H groups in total. The van der Waals surface area contributed by atoms with Gasteiger partial charge in [0.1, 0.15) is 5.75 Å². The minimum atomic E-state index is 0.00560. The Labute approximate surface area is 178 Å². The molecular formula is C26H30N2O2. The minimum absolute atomic E-state index is 0.00560. The van der Waals surface area contributed by atoms with Crippen molar-refractivity contribution >= 4 is 11.1 Å². The number of allylic oxidation sites excluding steroid dienone is 1. The van der Waals surface area contributed by atoms with Crippen molar-refractivity contribution in [2.45, 2.75) is 26.3 Å². The predicted molar refractivity (Wildman–Crippen MR) is 125 cm³/mol. The first kappa shape index (κ1) is 21.6. The molecule has 0 aliphatic rings. The molecule has 4 heteroatoms. The van der Waals surface area contributed by atoms with E-state index >= 15 is 0 Å². The molecule has 0 amide bonds. The molecule has 3 aromatic rings. The number of hydrogen-bond acceptors (Lipinski definition) is 3. The molecule has 1 heterocycles. The van der Waals surface area contributed by atoms with E-state index in [4.69, 9.17) is 0 Å². The van der Waals surface area contributed by atoms with Gasteiger partial charge in [0.05, 0.1) is 0 Å². The molecule has 0 unspecified atom stereocenters. The van der Waals surface area contributed by atoms with Crippen LogP contribution in [0.15, 0.2) is 77.7 Å². The summed E-state index contributed by atoms with van der Waals surface area (Å²) in [5, 5.41) is 9.75. The van der Waals surface area contributed by atoms with Crippen LogP contribution in [-0.4, -0.2) is 35.2 Å². The van der Waals surface area contributed by atoms with Crippen molar-refractivity contribution in [2.75, 3.05) is 20.6 Å². The highest BCUT2D eigenvalue weighted by Gasteiger charge is 2.14. The molecule has 0 bridgehead atoms. The third-order valence-corrected chi connectivity index (χ3v) is 5.22. The second kappa shape index (κ2) is 10.1. The van der Waals surface area contributed by atoms with Crippen molar-refractivity contribution in [2.24, 2.45) is 0 Å². The fourth-order valence-electron chi connectivity index (χ4n) is 3.71. The third kappa shape index (κ3) is 5.28. The molecule has 2 aromatic carbocycles. The van der Waals surface area contributed by atoms with Gasteiger partial charge in [0, 0.05) is 18.8 Å². The molecule has 0 spiro atoms. The summed E-state index contributed by atoms with van der Waals surface area (Å²) in [5.74, 6) is 0.229. The smallest absolute Gasteiger partial charge is 0.251 e. The zero-order valence-electron chi connectivity index (χ0n) is 18.0. The number of rotatable bonds is 8. The van der Waals surface area contributed by atoms with E-state index in [1.807, 2.05) is 56.7 Å². The van der Waals surface area contributed by atoms with Crippen LogP contribution in [-0.2, 0) is 6.54 Å². The molecule has 0 atom stereocenters. The minimum Gasteiger partial charge on any atom is -0.508 e. The van der Waals surface area contributed by atoms with Crippen molar-refractivity contribution in [1.29, 1.82) is 0 Å². The van der Waals surface area contributed by atoms with E-state index in [9.17, 15) is 9.90 Å². The highest BCUT2D eigenvalue weighted by Crippen LogP contribution is 2.34. The van der Waals surface area contributed by atoms with Crippen LogP contribution >= 0.6 is 0 Å². The summed E-state index contributed by atoms with van der Waals surface area (Å²) in [4.78, 5) is 15.0. The van der Waals surface area contributed by atoms with Gasteiger partial charge in [-0.05, 0) is 79.5 Å². The van der Waals surface area contributed by atoms with Crippen LogP contribution < -0.4 is 5.56 Å². The van der Waals surface area contributed by atoms with Gasteiger partial charge >= 0.3 is 0 Å². The van der Waals surface area contributed by atoms with Gasteiger partial charge in [-0.15, -0.1) is 0 Å². The number of hydrogen-bond donors (Lipinski definition) is 1. The van der Waals surface area contributed by atoms with Crippen LogP contribution in [0.1, 0.15) is 36.5 Å². The number of aromatic nitrogens is 1. The Hall–Kier alpha value is -3.11. The number of benzene rings is 2. The van der Waals surface area contributed by atoms with Crippen LogP contribution in [0.2, 0.25) is 0 Å². The van der Waals surface area contributed by atoms with Gasteiger partial charge in [-0.1, -0.05) is 49.4 Å². The lowest BCUT2D eigenvalue weighted by Crippen LogP contribution is -2.22. The lowest BCUT2D eigenvalue weighted by molar-refractivity contribution is 0.385. The Morgan fingerprint density at radius 1 is 0.933 bits per heavy atom. The van der Waals surface area contributed by atoms with Crippen LogP contribution in [0.4, 0.5) is 0 Å². The summed E-state index contributed by atoms with van der Waals surface area (Å²) in [5.41, 5.74) is 5.23. The zero-order chi connectivity index (χ0) is 21.5.